The zero-order valence-corrected chi connectivity index (χ0v) is 18.2. The number of nitrogens with zero attached hydrogens (tertiary/aromatic N) is 4. The molecule has 0 atom stereocenters. The molecule has 0 amide bonds. The highest BCUT2D eigenvalue weighted by Gasteiger charge is 2.24. The molecule has 3 rings (SSSR count). The molecule has 11 heteroatoms. The van der Waals surface area contributed by atoms with Gasteiger partial charge in [-0.25, -0.2) is 18.7 Å². The second kappa shape index (κ2) is 8.52. The predicted octanol–water partition coefficient (Wildman–Crippen LogP) is 2.73. The van der Waals surface area contributed by atoms with Crippen molar-refractivity contribution in [2.75, 3.05) is 5.32 Å². The third-order valence-electron chi connectivity index (χ3n) is 4.46. The third kappa shape index (κ3) is 5.34. The van der Waals surface area contributed by atoms with Gasteiger partial charge in [-0.1, -0.05) is 19.3 Å². The van der Waals surface area contributed by atoms with Crippen LogP contribution in [0.2, 0.25) is 0 Å². The minimum absolute atomic E-state index is 0.0571. The molecule has 0 aromatic carbocycles. The molecule has 10 nitrogen and oxygen atoms in total. The molecule has 2 heterocycles. The van der Waals surface area contributed by atoms with Crippen molar-refractivity contribution >= 4 is 27.7 Å². The van der Waals surface area contributed by atoms with Crippen molar-refractivity contribution in [1.82, 2.24) is 19.3 Å². The summed E-state index contributed by atoms with van der Waals surface area (Å²) in [4.78, 5) is 42.4. The van der Waals surface area contributed by atoms with Gasteiger partial charge in [0.1, 0.15) is 17.8 Å². The first-order valence-electron chi connectivity index (χ1n) is 9.48. The lowest BCUT2D eigenvalue weighted by atomic mass is 9.95. The van der Waals surface area contributed by atoms with Gasteiger partial charge in [-0.2, -0.15) is 4.98 Å². The maximum Gasteiger partial charge on any atom is 0.422 e. The summed E-state index contributed by atoms with van der Waals surface area (Å²) >= 11 is 3.06. The quantitative estimate of drug-likeness (QED) is 0.724. The molecule has 0 radical (unpaired) electrons. The van der Waals surface area contributed by atoms with E-state index >= 15 is 0 Å². The fourth-order valence-corrected chi connectivity index (χ4v) is 3.45. The molecule has 1 aliphatic carbocycles. The van der Waals surface area contributed by atoms with Crippen molar-refractivity contribution in [3.05, 3.63) is 37.7 Å². The van der Waals surface area contributed by atoms with Gasteiger partial charge in [0.15, 0.2) is 0 Å². The van der Waals surface area contributed by atoms with Gasteiger partial charge in [0.25, 0.3) is 5.56 Å². The molecular formula is C18H24BrN5O5. The number of carbonyl (C=O) groups is 1. The van der Waals surface area contributed by atoms with Crippen molar-refractivity contribution in [2.24, 2.45) is 0 Å². The van der Waals surface area contributed by atoms with E-state index in [4.69, 9.17) is 9.26 Å². The summed E-state index contributed by atoms with van der Waals surface area (Å²) in [6, 6.07) is 0.104. The third-order valence-corrected chi connectivity index (χ3v) is 4.78. The van der Waals surface area contributed by atoms with Crippen molar-refractivity contribution in [2.45, 2.75) is 71.1 Å². The van der Waals surface area contributed by atoms with Crippen LogP contribution in [0.4, 0.5) is 10.5 Å². The van der Waals surface area contributed by atoms with Gasteiger partial charge in [-0.15, -0.1) is 0 Å². The molecule has 0 bridgehead atoms. The largest absolute Gasteiger partial charge is 0.443 e. The van der Waals surface area contributed by atoms with Crippen LogP contribution in [0.1, 0.15) is 58.8 Å². The predicted molar refractivity (Wildman–Crippen MR) is 108 cm³/mol. The van der Waals surface area contributed by atoms with Crippen LogP contribution < -0.4 is 16.6 Å². The van der Waals surface area contributed by atoms with Crippen LogP contribution in [-0.2, 0) is 11.3 Å². The first kappa shape index (κ1) is 21.3. The summed E-state index contributed by atoms with van der Waals surface area (Å²) in [5.41, 5.74) is -2.05. The number of rotatable bonds is 4. The minimum Gasteiger partial charge on any atom is -0.443 e. The van der Waals surface area contributed by atoms with Gasteiger partial charge in [0.05, 0.1) is 0 Å². The Morgan fingerprint density at radius 3 is 2.59 bits per heavy atom. The SMILES string of the molecule is CC(C)(C)OC(=O)n1cc(NC2CCCCC2)c(=O)n(Cc2nc(Br)no2)c1=O. The van der Waals surface area contributed by atoms with Crippen LogP contribution in [0.15, 0.2) is 25.0 Å². The zero-order chi connectivity index (χ0) is 21.2. The van der Waals surface area contributed by atoms with E-state index in [1.165, 1.54) is 6.20 Å². The first-order valence-corrected chi connectivity index (χ1v) is 10.3. The van der Waals surface area contributed by atoms with Crippen LogP contribution in [0.25, 0.3) is 0 Å². The Balaban J connectivity index is 2.03. The molecular weight excluding hydrogens is 446 g/mol. The van der Waals surface area contributed by atoms with E-state index in [1.807, 2.05) is 0 Å². The number of hydrogen-bond donors (Lipinski definition) is 1. The second-order valence-corrected chi connectivity index (χ2v) is 8.71. The van der Waals surface area contributed by atoms with Gasteiger partial charge in [0.2, 0.25) is 10.6 Å². The Hall–Kier alpha value is -2.43. The molecule has 0 saturated heterocycles. The Bertz CT molecular complexity index is 997. The molecule has 29 heavy (non-hydrogen) atoms. The van der Waals surface area contributed by atoms with Crippen molar-refractivity contribution in [1.29, 1.82) is 0 Å². The van der Waals surface area contributed by atoms with Gasteiger partial charge in [-0.3, -0.25) is 4.79 Å². The average Bonchev–Trinajstić information content (AvgIpc) is 3.05. The molecule has 1 aliphatic rings. The second-order valence-electron chi connectivity index (χ2n) is 8.00. The Morgan fingerprint density at radius 1 is 1.31 bits per heavy atom. The molecule has 158 valence electrons. The number of nitrogens with one attached hydrogen (secondary N) is 1. The molecule has 0 spiro atoms. The highest BCUT2D eigenvalue weighted by molar-refractivity contribution is 9.10. The summed E-state index contributed by atoms with van der Waals surface area (Å²) in [6.45, 7) is 4.83. The fraction of sp³-hybridized carbons (Fsp3) is 0.611. The minimum atomic E-state index is -0.866. The van der Waals surface area contributed by atoms with E-state index in [9.17, 15) is 14.4 Å². The van der Waals surface area contributed by atoms with Gasteiger partial charge < -0.3 is 14.6 Å². The molecule has 2 aromatic heterocycles. The van der Waals surface area contributed by atoms with Crippen LogP contribution in [0.3, 0.4) is 0 Å². The van der Waals surface area contributed by atoms with Crippen LogP contribution in [-0.4, -0.2) is 37.0 Å². The van der Waals surface area contributed by atoms with Crippen LogP contribution in [0, 0.1) is 0 Å². The van der Waals surface area contributed by atoms with Gasteiger partial charge in [0, 0.05) is 12.2 Å². The highest BCUT2D eigenvalue weighted by atomic mass is 79.9. The number of carbonyl (C=O) groups excluding carboxylic acids is 1. The van der Waals surface area contributed by atoms with Crippen molar-refractivity contribution < 1.29 is 14.1 Å². The maximum absolute atomic E-state index is 13.0. The van der Waals surface area contributed by atoms with E-state index in [2.05, 4.69) is 31.4 Å². The highest BCUT2D eigenvalue weighted by Crippen LogP contribution is 2.20. The fourth-order valence-electron chi connectivity index (χ4n) is 3.18. The van der Waals surface area contributed by atoms with Crippen LogP contribution >= 0.6 is 15.9 Å². The topological polar surface area (TPSA) is 121 Å². The molecule has 0 unspecified atom stereocenters. The number of ether oxygens (including phenoxy) is 1. The van der Waals surface area contributed by atoms with E-state index in [1.54, 1.807) is 20.8 Å². The van der Waals surface area contributed by atoms with Gasteiger partial charge in [-0.05, 0) is 54.7 Å². The summed E-state index contributed by atoms with van der Waals surface area (Å²) in [5.74, 6) is 0.0571. The monoisotopic (exact) mass is 469 g/mol. The van der Waals surface area contributed by atoms with Gasteiger partial charge >= 0.3 is 11.8 Å². The standard InChI is InChI=1S/C18H24BrN5O5/c1-18(2,3)28-17(27)24-9-12(20-11-7-5-4-6-8-11)14(25)23(16(24)26)10-13-21-15(19)22-29-13/h9,11,20H,4-8,10H2,1-3H3. The lowest BCUT2D eigenvalue weighted by Crippen LogP contribution is -2.45. The Kier molecular flexibility index (Phi) is 6.25. The number of hydrogen-bond acceptors (Lipinski definition) is 8. The molecule has 1 N–H and O–H groups in total. The molecule has 1 fully saturated rings. The van der Waals surface area contributed by atoms with E-state index < -0.39 is 22.9 Å². The molecule has 1 saturated carbocycles. The van der Waals surface area contributed by atoms with E-state index in [-0.39, 0.29) is 28.9 Å². The normalized spacial score (nSPS) is 15.3. The average molecular weight is 470 g/mol. The summed E-state index contributed by atoms with van der Waals surface area (Å²) in [6.07, 6.45) is 5.47. The molecule has 2 aromatic rings. The van der Waals surface area contributed by atoms with E-state index in [0.717, 1.165) is 41.2 Å². The van der Waals surface area contributed by atoms with Crippen molar-refractivity contribution in [3.8, 4) is 0 Å². The van der Waals surface area contributed by atoms with Crippen LogP contribution in [0.5, 0.6) is 0 Å². The lowest BCUT2D eigenvalue weighted by molar-refractivity contribution is 0.0525. The smallest absolute Gasteiger partial charge is 0.422 e. The summed E-state index contributed by atoms with van der Waals surface area (Å²) < 4.78 is 12.2. The Labute approximate surface area is 175 Å². The van der Waals surface area contributed by atoms with E-state index in [0.29, 0.717) is 0 Å². The summed E-state index contributed by atoms with van der Waals surface area (Å²) in [5, 5.41) is 6.78. The first-order chi connectivity index (χ1) is 13.6. The lowest BCUT2D eigenvalue weighted by Gasteiger charge is -2.24. The maximum atomic E-state index is 13.0. The molecule has 0 aliphatic heterocycles. The Morgan fingerprint density at radius 2 is 2.00 bits per heavy atom. The number of anilines is 1. The number of halogens is 1. The summed E-state index contributed by atoms with van der Waals surface area (Å²) in [7, 11) is 0. The number of aromatic nitrogens is 4. The van der Waals surface area contributed by atoms with Crippen molar-refractivity contribution in [3.63, 3.8) is 0 Å². The zero-order valence-electron chi connectivity index (χ0n) is 16.6.